The van der Waals surface area contributed by atoms with Crippen molar-refractivity contribution in [2.45, 2.75) is 24.3 Å². The van der Waals surface area contributed by atoms with E-state index in [0.717, 1.165) is 29.1 Å². The van der Waals surface area contributed by atoms with Crippen LogP contribution in [0.1, 0.15) is 17.5 Å². The Morgan fingerprint density at radius 2 is 2.24 bits per heavy atom. The van der Waals surface area contributed by atoms with E-state index >= 15 is 0 Å². The molecule has 1 aromatic carbocycles. The first-order valence-electron chi connectivity index (χ1n) is 6.82. The highest BCUT2D eigenvalue weighted by Gasteiger charge is 2.30. The van der Waals surface area contributed by atoms with Crippen LogP contribution >= 0.6 is 11.8 Å². The molecule has 1 unspecified atom stereocenters. The molecule has 1 heterocycles. The molecule has 114 valence electrons. The van der Waals surface area contributed by atoms with Crippen molar-refractivity contribution in [1.29, 1.82) is 0 Å². The van der Waals surface area contributed by atoms with Gasteiger partial charge in [0.15, 0.2) is 0 Å². The van der Waals surface area contributed by atoms with Gasteiger partial charge in [0, 0.05) is 24.4 Å². The highest BCUT2D eigenvalue weighted by Crippen LogP contribution is 2.26. The van der Waals surface area contributed by atoms with Gasteiger partial charge in [0.2, 0.25) is 10.0 Å². The number of nitrogens with zero attached hydrogens (tertiary/aromatic N) is 1. The SMILES string of the molecule is Cc1cc(S(=O)(=O)N(C)C2CCSC2)ccc1C#CCN. The van der Waals surface area contributed by atoms with E-state index in [1.54, 1.807) is 37.0 Å². The van der Waals surface area contributed by atoms with Gasteiger partial charge in [-0.1, -0.05) is 11.8 Å². The largest absolute Gasteiger partial charge is 0.320 e. The van der Waals surface area contributed by atoms with Gasteiger partial charge in [0.05, 0.1) is 11.4 Å². The zero-order chi connectivity index (χ0) is 15.5. The molecule has 1 saturated heterocycles. The average molecular weight is 324 g/mol. The molecule has 0 aliphatic carbocycles. The number of benzene rings is 1. The number of sulfonamides is 1. The number of nitrogens with two attached hydrogens (primary N) is 1. The van der Waals surface area contributed by atoms with E-state index < -0.39 is 10.0 Å². The lowest BCUT2D eigenvalue weighted by Crippen LogP contribution is -2.36. The van der Waals surface area contributed by atoms with E-state index in [1.165, 1.54) is 4.31 Å². The van der Waals surface area contributed by atoms with E-state index in [2.05, 4.69) is 11.8 Å². The van der Waals surface area contributed by atoms with Crippen LogP contribution in [-0.4, -0.2) is 43.9 Å². The Balaban J connectivity index is 2.30. The normalized spacial score (nSPS) is 18.6. The van der Waals surface area contributed by atoms with Crippen LogP contribution in [0.5, 0.6) is 0 Å². The molecule has 2 rings (SSSR count). The van der Waals surface area contributed by atoms with E-state index in [1.807, 2.05) is 6.92 Å². The summed E-state index contributed by atoms with van der Waals surface area (Å²) in [6, 6.07) is 5.16. The maximum absolute atomic E-state index is 12.7. The van der Waals surface area contributed by atoms with Crippen molar-refractivity contribution >= 4 is 21.8 Å². The first-order valence-corrected chi connectivity index (χ1v) is 9.41. The molecular weight excluding hydrogens is 304 g/mol. The van der Waals surface area contributed by atoms with Crippen LogP contribution in [0.3, 0.4) is 0 Å². The molecule has 0 radical (unpaired) electrons. The molecule has 1 aliphatic heterocycles. The minimum Gasteiger partial charge on any atom is -0.320 e. The highest BCUT2D eigenvalue weighted by molar-refractivity contribution is 7.99. The predicted octanol–water partition coefficient (Wildman–Crippen LogP) is 1.43. The van der Waals surface area contributed by atoms with Crippen LogP contribution in [0.15, 0.2) is 23.1 Å². The van der Waals surface area contributed by atoms with Crippen molar-refractivity contribution in [2.24, 2.45) is 5.73 Å². The maximum atomic E-state index is 12.7. The highest BCUT2D eigenvalue weighted by atomic mass is 32.2. The maximum Gasteiger partial charge on any atom is 0.243 e. The smallest absolute Gasteiger partial charge is 0.243 e. The van der Waals surface area contributed by atoms with E-state index in [-0.39, 0.29) is 6.04 Å². The summed E-state index contributed by atoms with van der Waals surface area (Å²) in [6.07, 6.45) is 0.916. The zero-order valence-electron chi connectivity index (χ0n) is 12.3. The fourth-order valence-corrected chi connectivity index (χ4v) is 5.09. The van der Waals surface area contributed by atoms with Crippen molar-refractivity contribution in [3.05, 3.63) is 29.3 Å². The Morgan fingerprint density at radius 3 is 2.81 bits per heavy atom. The molecule has 1 fully saturated rings. The zero-order valence-corrected chi connectivity index (χ0v) is 13.9. The van der Waals surface area contributed by atoms with Gasteiger partial charge in [-0.2, -0.15) is 16.1 Å². The van der Waals surface area contributed by atoms with Gasteiger partial charge in [-0.25, -0.2) is 8.42 Å². The van der Waals surface area contributed by atoms with Gasteiger partial charge >= 0.3 is 0 Å². The Kier molecular flexibility index (Phi) is 5.33. The third-order valence-corrected chi connectivity index (χ3v) is 6.67. The Hall–Kier alpha value is -1.00. The predicted molar refractivity (Wildman–Crippen MR) is 87.8 cm³/mol. The summed E-state index contributed by atoms with van der Waals surface area (Å²) in [5.74, 6) is 7.63. The molecule has 0 bridgehead atoms. The molecule has 1 atom stereocenters. The van der Waals surface area contributed by atoms with Crippen LogP contribution in [0, 0.1) is 18.8 Å². The second-order valence-corrected chi connectivity index (χ2v) is 8.17. The van der Waals surface area contributed by atoms with Crippen molar-refractivity contribution in [3.63, 3.8) is 0 Å². The fraction of sp³-hybridized carbons (Fsp3) is 0.467. The summed E-state index contributed by atoms with van der Waals surface area (Å²) in [7, 11) is -1.77. The molecule has 0 saturated carbocycles. The number of thioether (sulfide) groups is 1. The second kappa shape index (κ2) is 6.84. The average Bonchev–Trinajstić information content (AvgIpc) is 2.99. The van der Waals surface area contributed by atoms with Gasteiger partial charge in [-0.15, -0.1) is 0 Å². The molecule has 21 heavy (non-hydrogen) atoms. The standard InChI is InChI=1S/C15H20N2O2S2/c1-12-10-15(6-5-13(12)4-3-8-16)21(18,19)17(2)14-7-9-20-11-14/h5-6,10,14H,7-9,11,16H2,1-2H3. The quantitative estimate of drug-likeness (QED) is 0.855. The Morgan fingerprint density at radius 1 is 1.48 bits per heavy atom. The number of hydrogen-bond donors (Lipinski definition) is 1. The lowest BCUT2D eigenvalue weighted by molar-refractivity contribution is 0.394. The van der Waals surface area contributed by atoms with Gasteiger partial charge < -0.3 is 5.73 Å². The van der Waals surface area contributed by atoms with Crippen molar-refractivity contribution in [1.82, 2.24) is 4.31 Å². The molecular formula is C15H20N2O2S2. The van der Waals surface area contributed by atoms with E-state index in [4.69, 9.17) is 5.73 Å². The van der Waals surface area contributed by atoms with Crippen LogP contribution in [0.4, 0.5) is 0 Å². The molecule has 6 heteroatoms. The summed E-state index contributed by atoms with van der Waals surface area (Å²) >= 11 is 1.80. The van der Waals surface area contributed by atoms with Crippen LogP contribution < -0.4 is 5.73 Å². The van der Waals surface area contributed by atoms with Crippen molar-refractivity contribution < 1.29 is 8.42 Å². The van der Waals surface area contributed by atoms with Crippen LogP contribution in [0.2, 0.25) is 0 Å². The molecule has 1 aromatic rings. The number of aryl methyl sites for hydroxylation is 1. The van der Waals surface area contributed by atoms with Gasteiger partial charge in [0.1, 0.15) is 0 Å². The molecule has 0 spiro atoms. The van der Waals surface area contributed by atoms with Crippen LogP contribution in [-0.2, 0) is 10.0 Å². The third-order valence-electron chi connectivity index (χ3n) is 3.62. The molecule has 4 nitrogen and oxygen atoms in total. The van der Waals surface area contributed by atoms with Gasteiger partial charge in [-0.3, -0.25) is 0 Å². The van der Waals surface area contributed by atoms with Crippen LogP contribution in [0.25, 0.3) is 0 Å². The topological polar surface area (TPSA) is 63.4 Å². The monoisotopic (exact) mass is 324 g/mol. The molecule has 0 aromatic heterocycles. The molecule has 0 amide bonds. The summed E-state index contributed by atoms with van der Waals surface area (Å²) < 4.78 is 26.8. The lowest BCUT2D eigenvalue weighted by atomic mass is 10.1. The van der Waals surface area contributed by atoms with E-state index in [0.29, 0.717) is 11.4 Å². The minimum absolute atomic E-state index is 0.0945. The molecule has 1 aliphatic rings. The summed E-state index contributed by atoms with van der Waals surface area (Å²) in [6.45, 7) is 2.16. The summed E-state index contributed by atoms with van der Waals surface area (Å²) in [4.78, 5) is 0.331. The lowest BCUT2D eigenvalue weighted by Gasteiger charge is -2.23. The first kappa shape index (κ1) is 16.4. The van der Waals surface area contributed by atoms with Crippen molar-refractivity contribution in [2.75, 3.05) is 25.1 Å². The summed E-state index contributed by atoms with van der Waals surface area (Å²) in [5, 5.41) is 0. The second-order valence-electron chi connectivity index (χ2n) is 5.02. The Labute approximate surface area is 131 Å². The van der Waals surface area contributed by atoms with Gasteiger partial charge in [-0.05, 0) is 42.9 Å². The minimum atomic E-state index is -3.44. The van der Waals surface area contributed by atoms with Gasteiger partial charge in [0.25, 0.3) is 0 Å². The number of hydrogen-bond acceptors (Lipinski definition) is 4. The first-order chi connectivity index (χ1) is 9.96. The Bertz CT molecular complexity index is 669. The third kappa shape index (κ3) is 3.61. The fourth-order valence-electron chi connectivity index (χ4n) is 2.25. The number of rotatable bonds is 3. The van der Waals surface area contributed by atoms with Crippen molar-refractivity contribution in [3.8, 4) is 11.8 Å². The summed E-state index contributed by atoms with van der Waals surface area (Å²) in [5.41, 5.74) is 7.03. The molecule has 2 N–H and O–H groups in total. The van der Waals surface area contributed by atoms with E-state index in [9.17, 15) is 8.42 Å².